The van der Waals surface area contributed by atoms with Crippen LogP contribution in [0.1, 0.15) is 13.8 Å². The average Bonchev–Trinajstić information content (AvgIpc) is 2.42. The van der Waals surface area contributed by atoms with Crippen molar-refractivity contribution >= 4 is 23.3 Å². The van der Waals surface area contributed by atoms with Crippen LogP contribution < -0.4 is 10.1 Å². The first-order chi connectivity index (χ1) is 9.47. The standard InChI is InChI=1S/C15H15ClN2O2/c1-15(2,20-12-8-6-11(16)7-9-12)14(19)18-13-5-3-4-10-17-13/h3-10H,1-2H3,(H,17,18,19). The van der Waals surface area contributed by atoms with E-state index in [2.05, 4.69) is 10.3 Å². The predicted octanol–water partition coefficient (Wildman–Crippen LogP) is 3.53. The summed E-state index contributed by atoms with van der Waals surface area (Å²) in [6, 6.07) is 12.2. The number of carbonyl (C=O) groups excluding carboxylic acids is 1. The number of hydrogen-bond acceptors (Lipinski definition) is 3. The summed E-state index contributed by atoms with van der Waals surface area (Å²) in [6.07, 6.45) is 1.61. The monoisotopic (exact) mass is 290 g/mol. The Morgan fingerprint density at radius 3 is 2.50 bits per heavy atom. The molecule has 1 N–H and O–H groups in total. The summed E-state index contributed by atoms with van der Waals surface area (Å²) >= 11 is 5.81. The Kier molecular flexibility index (Phi) is 4.25. The molecule has 4 nitrogen and oxygen atoms in total. The molecule has 0 saturated heterocycles. The largest absolute Gasteiger partial charge is 0.478 e. The molecular formula is C15H15ClN2O2. The summed E-state index contributed by atoms with van der Waals surface area (Å²) in [5, 5.41) is 3.33. The lowest BCUT2D eigenvalue weighted by atomic mass is 10.1. The van der Waals surface area contributed by atoms with E-state index >= 15 is 0 Å². The molecular weight excluding hydrogens is 276 g/mol. The van der Waals surface area contributed by atoms with Crippen molar-refractivity contribution in [2.24, 2.45) is 0 Å². The fraction of sp³-hybridized carbons (Fsp3) is 0.200. The van der Waals surface area contributed by atoms with Gasteiger partial charge in [-0.15, -0.1) is 0 Å². The third-order valence-corrected chi connectivity index (χ3v) is 2.89. The number of carbonyl (C=O) groups is 1. The topological polar surface area (TPSA) is 51.2 Å². The Labute approximate surface area is 122 Å². The van der Waals surface area contributed by atoms with Crippen molar-refractivity contribution in [3.05, 3.63) is 53.7 Å². The van der Waals surface area contributed by atoms with Crippen LogP contribution >= 0.6 is 11.6 Å². The van der Waals surface area contributed by atoms with Gasteiger partial charge in [0.1, 0.15) is 11.6 Å². The molecule has 1 aromatic heterocycles. The van der Waals surface area contributed by atoms with E-state index in [1.807, 2.05) is 0 Å². The Hall–Kier alpha value is -2.07. The van der Waals surface area contributed by atoms with E-state index in [1.54, 1.807) is 62.5 Å². The minimum atomic E-state index is -1.02. The number of halogens is 1. The quantitative estimate of drug-likeness (QED) is 0.937. The molecule has 0 aliphatic rings. The third-order valence-electron chi connectivity index (χ3n) is 2.64. The Balaban J connectivity index is 2.05. The summed E-state index contributed by atoms with van der Waals surface area (Å²) in [5.74, 6) is 0.798. The molecule has 0 spiro atoms. The highest BCUT2D eigenvalue weighted by Crippen LogP contribution is 2.21. The molecule has 104 valence electrons. The summed E-state index contributed by atoms with van der Waals surface area (Å²) in [7, 11) is 0. The van der Waals surface area contributed by atoms with Gasteiger partial charge in [-0.05, 0) is 50.2 Å². The lowest BCUT2D eigenvalue weighted by molar-refractivity contribution is -0.128. The first-order valence-corrected chi connectivity index (χ1v) is 6.52. The van der Waals surface area contributed by atoms with Gasteiger partial charge < -0.3 is 10.1 Å². The van der Waals surface area contributed by atoms with Gasteiger partial charge in [-0.2, -0.15) is 0 Å². The Morgan fingerprint density at radius 1 is 1.20 bits per heavy atom. The van der Waals surface area contributed by atoms with Crippen LogP contribution in [-0.4, -0.2) is 16.5 Å². The van der Waals surface area contributed by atoms with E-state index in [0.717, 1.165) is 0 Å². The van der Waals surface area contributed by atoms with E-state index in [1.165, 1.54) is 0 Å². The lowest BCUT2D eigenvalue weighted by Gasteiger charge is -2.25. The molecule has 0 unspecified atom stereocenters. The van der Waals surface area contributed by atoms with Crippen molar-refractivity contribution in [1.82, 2.24) is 4.98 Å². The molecule has 2 rings (SSSR count). The summed E-state index contributed by atoms with van der Waals surface area (Å²) in [5.41, 5.74) is -1.02. The number of aromatic nitrogens is 1. The van der Waals surface area contributed by atoms with E-state index in [0.29, 0.717) is 16.6 Å². The molecule has 0 saturated carbocycles. The summed E-state index contributed by atoms with van der Waals surface area (Å²) < 4.78 is 5.69. The van der Waals surface area contributed by atoms with Crippen molar-refractivity contribution in [1.29, 1.82) is 0 Å². The van der Waals surface area contributed by atoms with Crippen LogP contribution in [0.2, 0.25) is 5.02 Å². The van der Waals surface area contributed by atoms with Crippen LogP contribution in [-0.2, 0) is 4.79 Å². The fourth-order valence-corrected chi connectivity index (χ4v) is 1.67. The first kappa shape index (κ1) is 14.3. The molecule has 2 aromatic rings. The van der Waals surface area contributed by atoms with Gasteiger partial charge in [0.15, 0.2) is 5.60 Å². The maximum absolute atomic E-state index is 12.2. The highest BCUT2D eigenvalue weighted by atomic mass is 35.5. The molecule has 1 amide bonds. The molecule has 0 aliphatic heterocycles. The number of ether oxygens (including phenoxy) is 1. The van der Waals surface area contributed by atoms with Crippen LogP contribution in [0.25, 0.3) is 0 Å². The van der Waals surface area contributed by atoms with Gasteiger partial charge in [0, 0.05) is 11.2 Å². The molecule has 1 heterocycles. The van der Waals surface area contributed by atoms with Crippen LogP contribution in [0.3, 0.4) is 0 Å². The maximum atomic E-state index is 12.2. The zero-order valence-corrected chi connectivity index (χ0v) is 12.0. The normalized spacial score (nSPS) is 10.9. The van der Waals surface area contributed by atoms with Gasteiger partial charge >= 0.3 is 0 Å². The molecule has 0 atom stereocenters. The van der Waals surface area contributed by atoms with Crippen molar-refractivity contribution in [3.63, 3.8) is 0 Å². The summed E-state index contributed by atoms with van der Waals surface area (Å²) in [6.45, 7) is 3.39. The van der Waals surface area contributed by atoms with Crippen molar-refractivity contribution in [3.8, 4) is 5.75 Å². The smallest absolute Gasteiger partial charge is 0.269 e. The molecule has 0 fully saturated rings. The van der Waals surface area contributed by atoms with Gasteiger partial charge in [-0.1, -0.05) is 17.7 Å². The zero-order valence-electron chi connectivity index (χ0n) is 11.3. The van der Waals surface area contributed by atoms with Crippen LogP contribution in [0.4, 0.5) is 5.82 Å². The number of benzene rings is 1. The van der Waals surface area contributed by atoms with E-state index in [4.69, 9.17) is 16.3 Å². The maximum Gasteiger partial charge on any atom is 0.269 e. The Bertz CT molecular complexity index is 583. The van der Waals surface area contributed by atoms with E-state index in [9.17, 15) is 4.79 Å². The van der Waals surface area contributed by atoms with Crippen LogP contribution in [0.15, 0.2) is 48.7 Å². The number of pyridine rings is 1. The highest BCUT2D eigenvalue weighted by molar-refractivity contribution is 6.30. The SMILES string of the molecule is CC(C)(Oc1ccc(Cl)cc1)C(=O)Nc1ccccn1. The van der Waals surface area contributed by atoms with Crippen molar-refractivity contribution in [2.45, 2.75) is 19.4 Å². The average molecular weight is 291 g/mol. The highest BCUT2D eigenvalue weighted by Gasteiger charge is 2.30. The fourth-order valence-electron chi connectivity index (χ4n) is 1.55. The van der Waals surface area contributed by atoms with Gasteiger partial charge in [-0.25, -0.2) is 4.98 Å². The lowest BCUT2D eigenvalue weighted by Crippen LogP contribution is -2.42. The second kappa shape index (κ2) is 5.92. The number of amides is 1. The molecule has 0 aliphatic carbocycles. The van der Waals surface area contributed by atoms with Gasteiger partial charge in [0.25, 0.3) is 5.91 Å². The van der Waals surface area contributed by atoms with E-state index < -0.39 is 5.60 Å². The van der Waals surface area contributed by atoms with Gasteiger partial charge in [0.05, 0.1) is 0 Å². The van der Waals surface area contributed by atoms with Crippen LogP contribution in [0.5, 0.6) is 5.75 Å². The second-order valence-electron chi connectivity index (χ2n) is 4.74. The number of rotatable bonds is 4. The van der Waals surface area contributed by atoms with Gasteiger partial charge in [0.2, 0.25) is 0 Å². The second-order valence-corrected chi connectivity index (χ2v) is 5.17. The molecule has 5 heteroatoms. The number of hydrogen-bond donors (Lipinski definition) is 1. The molecule has 0 bridgehead atoms. The first-order valence-electron chi connectivity index (χ1n) is 6.14. The van der Waals surface area contributed by atoms with Crippen LogP contribution in [0, 0.1) is 0 Å². The van der Waals surface area contributed by atoms with Crippen molar-refractivity contribution < 1.29 is 9.53 Å². The Morgan fingerprint density at radius 2 is 1.90 bits per heavy atom. The minimum Gasteiger partial charge on any atom is -0.478 e. The number of anilines is 1. The molecule has 0 radical (unpaired) electrons. The number of nitrogens with zero attached hydrogens (tertiary/aromatic N) is 1. The predicted molar refractivity (Wildman–Crippen MR) is 79.0 cm³/mol. The van der Waals surface area contributed by atoms with Crippen molar-refractivity contribution in [2.75, 3.05) is 5.32 Å². The summed E-state index contributed by atoms with van der Waals surface area (Å²) in [4.78, 5) is 16.2. The van der Waals surface area contributed by atoms with E-state index in [-0.39, 0.29) is 5.91 Å². The number of nitrogens with one attached hydrogen (secondary N) is 1. The third kappa shape index (κ3) is 3.71. The minimum absolute atomic E-state index is 0.272. The molecule has 20 heavy (non-hydrogen) atoms. The molecule has 1 aromatic carbocycles. The van der Waals surface area contributed by atoms with Gasteiger partial charge in [-0.3, -0.25) is 4.79 Å². The zero-order chi connectivity index (χ0) is 14.6.